The van der Waals surface area contributed by atoms with Crippen LogP contribution in [-0.2, 0) is 9.09 Å². The summed E-state index contributed by atoms with van der Waals surface area (Å²) in [6.45, 7) is 7.27. The highest BCUT2D eigenvalue weighted by atomic mass is 31.1. The van der Waals surface area contributed by atoms with Gasteiger partial charge in [-0.2, -0.15) is 0 Å². The average Bonchev–Trinajstić information content (AvgIpc) is 1.86. The van der Waals surface area contributed by atoms with E-state index in [1.165, 1.54) is 0 Å². The molecule has 0 aromatic heterocycles. The monoisotopic (exact) mass is 179 g/mol. The summed E-state index contributed by atoms with van der Waals surface area (Å²) in [4.78, 5) is 2.16. The topological polar surface area (TPSA) is 29.5 Å². The molecule has 0 radical (unpaired) electrons. The van der Waals surface area contributed by atoms with Crippen LogP contribution in [0.15, 0.2) is 0 Å². The van der Waals surface area contributed by atoms with Crippen molar-refractivity contribution in [3.05, 3.63) is 0 Å². The molecule has 0 aliphatic rings. The quantitative estimate of drug-likeness (QED) is 0.598. The largest absolute Gasteiger partial charge is 0.329 e. The van der Waals surface area contributed by atoms with E-state index in [0.29, 0.717) is 12.6 Å². The van der Waals surface area contributed by atoms with Crippen molar-refractivity contribution in [1.82, 2.24) is 4.90 Å². The van der Waals surface area contributed by atoms with E-state index >= 15 is 0 Å². The lowest BCUT2D eigenvalue weighted by molar-refractivity contribution is 0.215. The number of nitrogens with zero attached hydrogens (tertiary/aromatic N) is 1. The van der Waals surface area contributed by atoms with Crippen LogP contribution in [0, 0.1) is 0 Å². The number of likely N-dealkylation sites (N-methyl/N-ethyl adjacent to an activating group) is 1. The molecule has 0 rings (SSSR count). The molecule has 1 unspecified atom stereocenters. The second-order valence-corrected chi connectivity index (χ2v) is 4.19. The summed E-state index contributed by atoms with van der Waals surface area (Å²) in [5, 5.41) is 0. The fourth-order valence-electron chi connectivity index (χ4n) is 0.592. The maximum Gasteiger partial charge on any atom is 0.188 e. The van der Waals surface area contributed by atoms with Crippen molar-refractivity contribution in [2.45, 2.75) is 19.9 Å². The van der Waals surface area contributed by atoms with Gasteiger partial charge in [0.05, 0.1) is 6.61 Å². The van der Waals surface area contributed by atoms with Crippen molar-refractivity contribution in [1.29, 1.82) is 0 Å². The van der Waals surface area contributed by atoms with Crippen LogP contribution in [0.1, 0.15) is 13.8 Å². The lowest BCUT2D eigenvalue weighted by Crippen LogP contribution is -2.29. The van der Waals surface area contributed by atoms with Gasteiger partial charge in [-0.05, 0) is 20.9 Å². The SMILES string of the molecule is CC(C)N(C)CCO[PH](C)=O. The van der Waals surface area contributed by atoms with Crippen molar-refractivity contribution >= 4 is 8.03 Å². The molecule has 4 heteroatoms. The average molecular weight is 179 g/mol. The lowest BCUT2D eigenvalue weighted by atomic mass is 10.3. The van der Waals surface area contributed by atoms with E-state index in [4.69, 9.17) is 4.52 Å². The van der Waals surface area contributed by atoms with Crippen LogP contribution < -0.4 is 0 Å². The molecule has 0 spiro atoms. The van der Waals surface area contributed by atoms with E-state index in [-0.39, 0.29) is 0 Å². The first-order valence-corrected chi connectivity index (χ1v) is 5.69. The summed E-state index contributed by atoms with van der Waals surface area (Å²) in [6, 6.07) is 0.526. The molecule has 0 aromatic carbocycles. The minimum atomic E-state index is -1.73. The van der Waals surface area contributed by atoms with Gasteiger partial charge in [0, 0.05) is 19.3 Å². The zero-order valence-corrected chi connectivity index (χ0v) is 8.76. The van der Waals surface area contributed by atoms with Gasteiger partial charge in [-0.25, -0.2) is 0 Å². The molecule has 0 heterocycles. The van der Waals surface area contributed by atoms with Crippen molar-refractivity contribution in [2.24, 2.45) is 0 Å². The molecule has 0 bridgehead atoms. The lowest BCUT2D eigenvalue weighted by Gasteiger charge is -2.20. The summed E-state index contributed by atoms with van der Waals surface area (Å²) in [6.07, 6.45) is 0. The first-order chi connectivity index (χ1) is 5.04. The zero-order valence-electron chi connectivity index (χ0n) is 7.76. The maximum absolute atomic E-state index is 10.5. The van der Waals surface area contributed by atoms with E-state index in [2.05, 4.69) is 18.7 Å². The number of hydrogen-bond donors (Lipinski definition) is 0. The van der Waals surface area contributed by atoms with Gasteiger partial charge in [-0.1, -0.05) is 0 Å². The van der Waals surface area contributed by atoms with E-state index in [1.54, 1.807) is 6.66 Å². The van der Waals surface area contributed by atoms with Crippen LogP contribution >= 0.6 is 8.03 Å². The van der Waals surface area contributed by atoms with Gasteiger partial charge in [0.1, 0.15) is 0 Å². The summed E-state index contributed by atoms with van der Waals surface area (Å²) in [5.41, 5.74) is 0. The highest BCUT2D eigenvalue weighted by Gasteiger charge is 2.01. The third-order valence-electron chi connectivity index (χ3n) is 1.63. The van der Waals surface area contributed by atoms with Crippen LogP contribution in [0.3, 0.4) is 0 Å². The number of hydrogen-bond acceptors (Lipinski definition) is 3. The first kappa shape index (κ1) is 11.2. The fourth-order valence-corrected chi connectivity index (χ4v) is 0.970. The van der Waals surface area contributed by atoms with Gasteiger partial charge in [0.2, 0.25) is 0 Å². The summed E-state index contributed by atoms with van der Waals surface area (Å²) < 4.78 is 15.5. The minimum absolute atomic E-state index is 0.526. The van der Waals surface area contributed by atoms with E-state index in [1.807, 2.05) is 7.05 Å². The molecule has 0 aliphatic heterocycles. The third-order valence-corrected chi connectivity index (χ3v) is 2.24. The van der Waals surface area contributed by atoms with Crippen LogP contribution in [0.2, 0.25) is 0 Å². The Morgan fingerprint density at radius 3 is 2.45 bits per heavy atom. The molecule has 0 fully saturated rings. The second kappa shape index (κ2) is 5.76. The van der Waals surface area contributed by atoms with Crippen molar-refractivity contribution < 1.29 is 9.09 Å². The Bertz CT molecular complexity index is 128. The molecule has 3 nitrogen and oxygen atoms in total. The Kier molecular flexibility index (Phi) is 5.83. The Balaban J connectivity index is 3.31. The second-order valence-electron chi connectivity index (χ2n) is 2.91. The first-order valence-electron chi connectivity index (χ1n) is 3.87. The summed E-state index contributed by atoms with van der Waals surface area (Å²) in [7, 11) is 0.296. The molecule has 68 valence electrons. The van der Waals surface area contributed by atoms with E-state index < -0.39 is 8.03 Å². The van der Waals surface area contributed by atoms with Crippen molar-refractivity contribution in [2.75, 3.05) is 26.9 Å². The van der Waals surface area contributed by atoms with Crippen LogP contribution in [-0.4, -0.2) is 37.8 Å². The van der Waals surface area contributed by atoms with E-state index in [9.17, 15) is 4.57 Å². The molecule has 0 saturated heterocycles. The van der Waals surface area contributed by atoms with Gasteiger partial charge in [-0.3, -0.25) is 4.57 Å². The zero-order chi connectivity index (χ0) is 8.85. The van der Waals surface area contributed by atoms with Gasteiger partial charge in [-0.15, -0.1) is 0 Å². The Morgan fingerprint density at radius 2 is 2.09 bits per heavy atom. The predicted molar refractivity (Wildman–Crippen MR) is 48.6 cm³/mol. The maximum atomic E-state index is 10.5. The van der Waals surface area contributed by atoms with Crippen LogP contribution in [0.5, 0.6) is 0 Å². The van der Waals surface area contributed by atoms with Gasteiger partial charge in [0.25, 0.3) is 0 Å². The molecular formula is C7H18NO2P. The molecule has 11 heavy (non-hydrogen) atoms. The Labute approximate surface area is 69.6 Å². The highest BCUT2D eigenvalue weighted by Crippen LogP contribution is 2.14. The predicted octanol–water partition coefficient (Wildman–Crippen LogP) is 1.45. The molecule has 0 saturated carbocycles. The van der Waals surface area contributed by atoms with Crippen LogP contribution in [0.25, 0.3) is 0 Å². The smallest absolute Gasteiger partial charge is 0.188 e. The molecule has 0 aromatic rings. The van der Waals surface area contributed by atoms with Crippen molar-refractivity contribution in [3.8, 4) is 0 Å². The minimum Gasteiger partial charge on any atom is -0.329 e. The van der Waals surface area contributed by atoms with Gasteiger partial charge < -0.3 is 9.42 Å². The molecular weight excluding hydrogens is 161 g/mol. The van der Waals surface area contributed by atoms with Gasteiger partial charge >= 0.3 is 0 Å². The number of rotatable bonds is 5. The fraction of sp³-hybridized carbons (Fsp3) is 1.00. The van der Waals surface area contributed by atoms with Crippen LogP contribution in [0.4, 0.5) is 0 Å². The Hall–Kier alpha value is 0.150. The molecule has 1 atom stereocenters. The normalized spacial score (nSPS) is 14.4. The summed E-state index contributed by atoms with van der Waals surface area (Å²) in [5.74, 6) is 0. The van der Waals surface area contributed by atoms with E-state index in [0.717, 1.165) is 6.54 Å². The van der Waals surface area contributed by atoms with Gasteiger partial charge in [0.15, 0.2) is 8.03 Å². The van der Waals surface area contributed by atoms with Crippen molar-refractivity contribution in [3.63, 3.8) is 0 Å². The highest BCUT2D eigenvalue weighted by molar-refractivity contribution is 7.38. The molecule has 0 amide bonds. The molecule has 0 N–H and O–H groups in total. The third kappa shape index (κ3) is 6.54. The molecule has 0 aliphatic carbocycles. The Morgan fingerprint density at radius 1 is 1.55 bits per heavy atom. The summed E-state index contributed by atoms with van der Waals surface area (Å²) >= 11 is 0. The standard InChI is InChI=1S/C7H18NO2P/c1-7(2)8(3)5-6-10-11(4)9/h7,11H,5-6H2,1-4H3.